The molecule has 1 aromatic rings. The molecule has 0 aliphatic carbocycles. The third-order valence-electron chi connectivity index (χ3n) is 4.24. The maximum atomic E-state index is 12.6. The van der Waals surface area contributed by atoms with Crippen LogP contribution in [0.3, 0.4) is 0 Å². The fourth-order valence-corrected chi connectivity index (χ4v) is 3.77. The Hall–Kier alpha value is -1.18. The highest BCUT2D eigenvalue weighted by molar-refractivity contribution is 7.09. The largest absolute Gasteiger partial charge is 0.376 e. The lowest BCUT2D eigenvalue weighted by atomic mass is 10.2. The van der Waals surface area contributed by atoms with Crippen LogP contribution < -0.4 is 5.32 Å². The summed E-state index contributed by atoms with van der Waals surface area (Å²) in [6.07, 6.45) is 4.53. The number of carbonyl (C=O) groups excluding carboxylic acids is 1. The Morgan fingerprint density at radius 2 is 1.96 bits per heavy atom. The topological polar surface area (TPSA) is 63.7 Å². The van der Waals surface area contributed by atoms with Gasteiger partial charge in [-0.05, 0) is 32.6 Å². The van der Waals surface area contributed by atoms with Gasteiger partial charge in [-0.3, -0.25) is 0 Å². The molecule has 2 atom stereocenters. The van der Waals surface area contributed by atoms with E-state index < -0.39 is 0 Å². The van der Waals surface area contributed by atoms with E-state index >= 15 is 0 Å². The van der Waals surface area contributed by atoms with Crippen LogP contribution in [0, 0.1) is 6.92 Å². The lowest BCUT2D eigenvalue weighted by Crippen LogP contribution is -2.46. The van der Waals surface area contributed by atoms with E-state index in [9.17, 15) is 4.79 Å². The summed E-state index contributed by atoms with van der Waals surface area (Å²) in [4.78, 5) is 18.8. The standard InChI is InChI=1S/C16H25N3O3S/c1-12-11-23-15(18-12)8-17-16(20)19(9-13-4-2-6-21-13)10-14-5-3-7-22-14/h11,13-14H,2-10H2,1H3,(H,17,20). The molecule has 2 aliphatic heterocycles. The number of urea groups is 1. The van der Waals surface area contributed by atoms with Gasteiger partial charge in [0.2, 0.25) is 0 Å². The first-order valence-corrected chi connectivity index (χ1v) is 9.25. The van der Waals surface area contributed by atoms with Crippen LogP contribution in [0.25, 0.3) is 0 Å². The van der Waals surface area contributed by atoms with Crippen molar-refractivity contribution in [3.63, 3.8) is 0 Å². The molecule has 0 spiro atoms. The zero-order chi connectivity index (χ0) is 16.1. The Bertz CT molecular complexity index is 492. The molecular weight excluding hydrogens is 314 g/mol. The van der Waals surface area contributed by atoms with Gasteiger partial charge < -0.3 is 19.7 Å². The number of thiazole rings is 1. The van der Waals surface area contributed by atoms with Crippen molar-refractivity contribution in [2.24, 2.45) is 0 Å². The minimum atomic E-state index is -0.0520. The van der Waals surface area contributed by atoms with Crippen molar-refractivity contribution in [1.29, 1.82) is 0 Å². The predicted octanol–water partition coefficient (Wildman–Crippen LogP) is 2.32. The molecule has 0 bridgehead atoms. The predicted molar refractivity (Wildman–Crippen MR) is 88.6 cm³/mol. The summed E-state index contributed by atoms with van der Waals surface area (Å²) in [5, 5.41) is 5.92. The number of amides is 2. The fourth-order valence-electron chi connectivity index (χ4n) is 3.06. The molecule has 2 amide bonds. The maximum absolute atomic E-state index is 12.6. The Balaban J connectivity index is 1.54. The van der Waals surface area contributed by atoms with Gasteiger partial charge >= 0.3 is 6.03 Å². The summed E-state index contributed by atoms with van der Waals surface area (Å²) in [7, 11) is 0. The molecule has 23 heavy (non-hydrogen) atoms. The highest BCUT2D eigenvalue weighted by Gasteiger charge is 2.26. The number of aryl methyl sites for hydroxylation is 1. The van der Waals surface area contributed by atoms with Gasteiger partial charge in [0.25, 0.3) is 0 Å². The average Bonchev–Trinajstić information content (AvgIpc) is 3.27. The molecule has 128 valence electrons. The van der Waals surface area contributed by atoms with Gasteiger partial charge in [-0.2, -0.15) is 0 Å². The number of nitrogens with zero attached hydrogens (tertiary/aromatic N) is 2. The van der Waals surface area contributed by atoms with Gasteiger partial charge in [0.05, 0.1) is 18.8 Å². The molecule has 2 fully saturated rings. The van der Waals surface area contributed by atoms with E-state index in [4.69, 9.17) is 9.47 Å². The Morgan fingerprint density at radius 3 is 2.43 bits per heavy atom. The number of aromatic nitrogens is 1. The van der Waals surface area contributed by atoms with E-state index in [1.54, 1.807) is 11.3 Å². The highest BCUT2D eigenvalue weighted by atomic mass is 32.1. The number of ether oxygens (including phenoxy) is 2. The van der Waals surface area contributed by atoms with E-state index in [1.165, 1.54) is 0 Å². The first-order chi connectivity index (χ1) is 11.2. The van der Waals surface area contributed by atoms with Crippen LogP contribution in [0.4, 0.5) is 4.79 Å². The number of hydrogen-bond acceptors (Lipinski definition) is 5. The summed E-state index contributed by atoms with van der Waals surface area (Å²) in [5.74, 6) is 0. The molecule has 3 rings (SSSR count). The van der Waals surface area contributed by atoms with Gasteiger partial charge in [0.1, 0.15) is 5.01 Å². The first-order valence-electron chi connectivity index (χ1n) is 8.37. The van der Waals surface area contributed by atoms with Crippen molar-refractivity contribution in [2.75, 3.05) is 26.3 Å². The van der Waals surface area contributed by atoms with Crippen LogP contribution in [-0.4, -0.2) is 54.4 Å². The number of carbonyl (C=O) groups is 1. The molecule has 1 N–H and O–H groups in total. The summed E-state index contributed by atoms with van der Waals surface area (Å²) in [6, 6.07) is -0.0520. The van der Waals surface area contributed by atoms with Crippen molar-refractivity contribution in [3.8, 4) is 0 Å². The van der Waals surface area contributed by atoms with E-state index in [2.05, 4.69) is 10.3 Å². The molecule has 2 saturated heterocycles. The van der Waals surface area contributed by atoms with Gasteiger partial charge in [0.15, 0.2) is 0 Å². The SMILES string of the molecule is Cc1csc(CNC(=O)N(CC2CCCO2)CC2CCCO2)n1. The number of hydrogen-bond donors (Lipinski definition) is 1. The summed E-state index contributed by atoms with van der Waals surface area (Å²) >= 11 is 1.58. The van der Waals surface area contributed by atoms with Crippen LogP contribution in [0.2, 0.25) is 0 Å². The fraction of sp³-hybridized carbons (Fsp3) is 0.750. The second kappa shape index (κ2) is 8.08. The molecule has 3 heterocycles. The Morgan fingerprint density at radius 1 is 1.30 bits per heavy atom. The van der Waals surface area contributed by atoms with E-state index in [0.29, 0.717) is 19.6 Å². The van der Waals surface area contributed by atoms with Crippen molar-refractivity contribution in [3.05, 3.63) is 16.1 Å². The van der Waals surface area contributed by atoms with Gasteiger partial charge in [-0.15, -0.1) is 11.3 Å². The molecule has 6 nitrogen and oxygen atoms in total. The Kier molecular flexibility index (Phi) is 5.85. The summed E-state index contributed by atoms with van der Waals surface area (Å²) < 4.78 is 11.4. The molecule has 7 heteroatoms. The molecule has 1 aromatic heterocycles. The van der Waals surface area contributed by atoms with Crippen LogP contribution >= 0.6 is 11.3 Å². The summed E-state index contributed by atoms with van der Waals surface area (Å²) in [5.41, 5.74) is 0.995. The zero-order valence-electron chi connectivity index (χ0n) is 13.6. The molecule has 0 aromatic carbocycles. The van der Waals surface area contributed by atoms with Crippen LogP contribution in [0.1, 0.15) is 36.4 Å². The van der Waals surface area contributed by atoms with Crippen molar-refractivity contribution in [1.82, 2.24) is 15.2 Å². The van der Waals surface area contributed by atoms with Crippen LogP contribution in [0.15, 0.2) is 5.38 Å². The van der Waals surface area contributed by atoms with E-state index in [0.717, 1.165) is 49.6 Å². The number of rotatable bonds is 6. The molecule has 0 radical (unpaired) electrons. The second-order valence-electron chi connectivity index (χ2n) is 6.22. The number of nitrogens with one attached hydrogen (secondary N) is 1. The average molecular weight is 339 g/mol. The zero-order valence-corrected chi connectivity index (χ0v) is 14.4. The minimum Gasteiger partial charge on any atom is -0.376 e. The molecular formula is C16H25N3O3S. The third kappa shape index (κ3) is 4.89. The lowest BCUT2D eigenvalue weighted by Gasteiger charge is -2.27. The highest BCUT2D eigenvalue weighted by Crippen LogP contribution is 2.17. The quantitative estimate of drug-likeness (QED) is 0.864. The van der Waals surface area contributed by atoms with Crippen molar-refractivity contribution in [2.45, 2.75) is 51.4 Å². The summed E-state index contributed by atoms with van der Waals surface area (Å²) in [6.45, 7) is 5.33. The smallest absolute Gasteiger partial charge is 0.317 e. The molecule has 2 unspecified atom stereocenters. The van der Waals surface area contributed by atoms with E-state index in [-0.39, 0.29) is 18.2 Å². The monoisotopic (exact) mass is 339 g/mol. The lowest BCUT2D eigenvalue weighted by molar-refractivity contribution is 0.0498. The van der Waals surface area contributed by atoms with Crippen LogP contribution in [-0.2, 0) is 16.0 Å². The van der Waals surface area contributed by atoms with Gasteiger partial charge in [0, 0.05) is 37.4 Å². The normalized spacial score (nSPS) is 24.0. The molecule has 0 saturated carbocycles. The molecule has 2 aliphatic rings. The van der Waals surface area contributed by atoms with Crippen molar-refractivity contribution < 1.29 is 14.3 Å². The van der Waals surface area contributed by atoms with Crippen LogP contribution in [0.5, 0.6) is 0 Å². The van der Waals surface area contributed by atoms with Crippen molar-refractivity contribution >= 4 is 17.4 Å². The minimum absolute atomic E-state index is 0.0520. The third-order valence-corrected chi connectivity index (χ3v) is 5.21. The maximum Gasteiger partial charge on any atom is 0.317 e. The van der Waals surface area contributed by atoms with E-state index in [1.807, 2.05) is 17.2 Å². The Labute approximate surface area is 141 Å². The first kappa shape index (κ1) is 16.7. The second-order valence-corrected chi connectivity index (χ2v) is 7.16. The van der Waals surface area contributed by atoms with Gasteiger partial charge in [-0.25, -0.2) is 9.78 Å². The van der Waals surface area contributed by atoms with Gasteiger partial charge in [-0.1, -0.05) is 0 Å².